The third-order valence-electron chi connectivity index (χ3n) is 2.62. The number of aryl methyl sites for hydroxylation is 1. The van der Waals surface area contributed by atoms with Crippen LogP contribution in [0.3, 0.4) is 0 Å². The summed E-state index contributed by atoms with van der Waals surface area (Å²) in [6, 6.07) is 4.89. The summed E-state index contributed by atoms with van der Waals surface area (Å²) in [5.41, 5.74) is 0.203. The number of hydrogen-bond donors (Lipinski definition) is 3. The van der Waals surface area contributed by atoms with Crippen LogP contribution in [0.15, 0.2) is 35.4 Å². The number of hydrogen-bond acceptors (Lipinski definition) is 3. The van der Waals surface area contributed by atoms with Gasteiger partial charge in [0.1, 0.15) is 16.4 Å². The zero-order valence-corrected chi connectivity index (χ0v) is 11.2. The number of aromatic nitrogens is 1. The highest BCUT2D eigenvalue weighted by atomic mass is 32.2. The third kappa shape index (κ3) is 2.80. The topological polar surface area (TPSA) is 99.3 Å². The molecule has 1 aromatic heterocycles. The first-order valence-corrected chi connectivity index (χ1v) is 6.98. The van der Waals surface area contributed by atoms with E-state index >= 15 is 0 Å². The molecule has 1 aromatic carbocycles. The largest absolute Gasteiger partial charge is 0.477 e. The van der Waals surface area contributed by atoms with Gasteiger partial charge in [-0.15, -0.1) is 0 Å². The van der Waals surface area contributed by atoms with Crippen LogP contribution in [0.1, 0.15) is 16.1 Å². The molecule has 106 valence electrons. The van der Waals surface area contributed by atoms with Crippen molar-refractivity contribution >= 4 is 21.7 Å². The van der Waals surface area contributed by atoms with Crippen molar-refractivity contribution in [2.45, 2.75) is 11.8 Å². The van der Waals surface area contributed by atoms with Gasteiger partial charge < -0.3 is 10.1 Å². The van der Waals surface area contributed by atoms with Gasteiger partial charge in [-0.3, -0.25) is 4.72 Å². The van der Waals surface area contributed by atoms with Crippen LogP contribution in [0, 0.1) is 12.7 Å². The molecule has 0 fully saturated rings. The molecule has 2 rings (SSSR count). The standard InChI is InChI=1S/C12H11FN2O4S/c1-7-2-3-8(4-10(7)13)15-20(18,19)9-5-11(12(16)17)14-6-9/h2-6,14-15H,1H3,(H,16,17). The van der Waals surface area contributed by atoms with Gasteiger partial charge in [0.25, 0.3) is 10.0 Å². The predicted molar refractivity (Wildman–Crippen MR) is 69.7 cm³/mol. The number of rotatable bonds is 4. The number of benzene rings is 1. The van der Waals surface area contributed by atoms with Gasteiger partial charge in [-0.1, -0.05) is 6.07 Å². The van der Waals surface area contributed by atoms with Crippen molar-refractivity contribution in [3.63, 3.8) is 0 Å². The predicted octanol–water partition coefficient (Wildman–Crippen LogP) is 1.96. The van der Waals surface area contributed by atoms with Crippen LogP contribution in [0.5, 0.6) is 0 Å². The lowest BCUT2D eigenvalue weighted by Gasteiger charge is -2.07. The Labute approximate surface area is 114 Å². The molecule has 0 amide bonds. The number of anilines is 1. The Bertz CT molecular complexity index is 768. The molecule has 3 N–H and O–H groups in total. The lowest BCUT2D eigenvalue weighted by atomic mass is 10.2. The van der Waals surface area contributed by atoms with Gasteiger partial charge in [0, 0.05) is 6.20 Å². The first kappa shape index (κ1) is 14.1. The van der Waals surface area contributed by atoms with Crippen LogP contribution in [-0.4, -0.2) is 24.5 Å². The molecule has 1 heterocycles. The van der Waals surface area contributed by atoms with Crippen molar-refractivity contribution in [1.29, 1.82) is 0 Å². The number of aromatic amines is 1. The number of aromatic carboxylic acids is 1. The first-order valence-electron chi connectivity index (χ1n) is 5.50. The molecule has 0 aliphatic carbocycles. The molecule has 0 radical (unpaired) electrons. The van der Waals surface area contributed by atoms with E-state index in [0.29, 0.717) is 5.56 Å². The first-order chi connectivity index (χ1) is 9.29. The fourth-order valence-electron chi connectivity index (χ4n) is 1.52. The zero-order valence-electron chi connectivity index (χ0n) is 10.3. The smallest absolute Gasteiger partial charge is 0.352 e. The Morgan fingerprint density at radius 3 is 2.60 bits per heavy atom. The maximum absolute atomic E-state index is 13.3. The van der Waals surface area contributed by atoms with E-state index in [-0.39, 0.29) is 16.3 Å². The molecule has 2 aromatic rings. The molecular weight excluding hydrogens is 287 g/mol. The molecule has 0 aliphatic rings. The number of carbonyl (C=O) groups is 1. The second-order valence-corrected chi connectivity index (χ2v) is 5.81. The Morgan fingerprint density at radius 1 is 1.35 bits per heavy atom. The number of carboxylic acids is 1. The summed E-state index contributed by atoms with van der Waals surface area (Å²) in [5, 5.41) is 8.72. The maximum atomic E-state index is 13.3. The van der Waals surface area contributed by atoms with E-state index < -0.39 is 21.8 Å². The lowest BCUT2D eigenvalue weighted by molar-refractivity contribution is 0.0691. The van der Waals surface area contributed by atoms with E-state index in [1.54, 1.807) is 6.92 Å². The summed E-state index contributed by atoms with van der Waals surface area (Å²) in [7, 11) is -3.97. The van der Waals surface area contributed by atoms with Crippen molar-refractivity contribution in [3.8, 4) is 0 Å². The number of H-pyrrole nitrogens is 1. The van der Waals surface area contributed by atoms with E-state index in [2.05, 4.69) is 9.71 Å². The van der Waals surface area contributed by atoms with Gasteiger partial charge in [0.05, 0.1) is 5.69 Å². The van der Waals surface area contributed by atoms with Crippen LogP contribution >= 0.6 is 0 Å². The number of carboxylic acid groups (broad SMARTS) is 1. The van der Waals surface area contributed by atoms with Crippen LogP contribution < -0.4 is 4.72 Å². The van der Waals surface area contributed by atoms with E-state index in [1.807, 2.05) is 0 Å². The van der Waals surface area contributed by atoms with E-state index in [1.165, 1.54) is 12.1 Å². The second-order valence-electron chi connectivity index (χ2n) is 4.12. The minimum absolute atomic E-state index is 0.0613. The van der Waals surface area contributed by atoms with Crippen molar-refractivity contribution < 1.29 is 22.7 Å². The molecule has 0 saturated carbocycles. The molecule has 0 spiro atoms. The highest BCUT2D eigenvalue weighted by Gasteiger charge is 2.18. The number of halogens is 1. The molecule has 0 aliphatic heterocycles. The van der Waals surface area contributed by atoms with Crippen LogP contribution in [0.25, 0.3) is 0 Å². The summed E-state index contributed by atoms with van der Waals surface area (Å²) in [6.45, 7) is 1.55. The normalized spacial score (nSPS) is 11.3. The van der Waals surface area contributed by atoms with Gasteiger partial charge in [0.15, 0.2) is 0 Å². The summed E-state index contributed by atoms with van der Waals surface area (Å²) in [6.07, 6.45) is 1.05. The van der Waals surface area contributed by atoms with E-state index in [4.69, 9.17) is 5.11 Å². The van der Waals surface area contributed by atoms with Crippen LogP contribution in [0.2, 0.25) is 0 Å². The average Bonchev–Trinajstić information content (AvgIpc) is 2.84. The molecule has 0 atom stereocenters. The SMILES string of the molecule is Cc1ccc(NS(=O)(=O)c2c[nH]c(C(=O)O)c2)cc1F. The summed E-state index contributed by atoms with van der Waals surface area (Å²) >= 11 is 0. The molecule has 0 bridgehead atoms. The second kappa shape index (κ2) is 4.97. The van der Waals surface area contributed by atoms with Crippen LogP contribution in [-0.2, 0) is 10.0 Å². The average molecular weight is 298 g/mol. The summed E-state index contributed by atoms with van der Waals surface area (Å²) < 4.78 is 39.5. The Kier molecular flexibility index (Phi) is 3.49. The highest BCUT2D eigenvalue weighted by Crippen LogP contribution is 2.19. The molecule has 8 heteroatoms. The van der Waals surface area contributed by atoms with Crippen molar-refractivity contribution in [2.24, 2.45) is 0 Å². The van der Waals surface area contributed by atoms with Gasteiger partial charge in [-0.05, 0) is 30.7 Å². The molecule has 6 nitrogen and oxygen atoms in total. The fraction of sp³-hybridized carbons (Fsp3) is 0.0833. The van der Waals surface area contributed by atoms with Gasteiger partial charge in [0.2, 0.25) is 0 Å². The quantitative estimate of drug-likeness (QED) is 0.803. The maximum Gasteiger partial charge on any atom is 0.352 e. The van der Waals surface area contributed by atoms with Gasteiger partial charge in [-0.25, -0.2) is 17.6 Å². The zero-order chi connectivity index (χ0) is 14.9. The fourth-order valence-corrected chi connectivity index (χ4v) is 2.57. The number of nitrogens with one attached hydrogen (secondary N) is 2. The van der Waals surface area contributed by atoms with Crippen molar-refractivity contribution in [3.05, 3.63) is 47.5 Å². The van der Waals surface area contributed by atoms with Crippen LogP contribution in [0.4, 0.5) is 10.1 Å². The summed E-state index contributed by atoms with van der Waals surface area (Å²) in [5.74, 6) is -1.81. The van der Waals surface area contributed by atoms with Gasteiger partial charge >= 0.3 is 5.97 Å². The molecule has 0 unspecified atom stereocenters. The molecule has 20 heavy (non-hydrogen) atoms. The Balaban J connectivity index is 2.30. The minimum Gasteiger partial charge on any atom is -0.477 e. The summed E-state index contributed by atoms with van der Waals surface area (Å²) in [4.78, 5) is 12.8. The molecular formula is C12H11FN2O4S. The van der Waals surface area contributed by atoms with Crippen molar-refractivity contribution in [1.82, 2.24) is 4.98 Å². The number of sulfonamides is 1. The van der Waals surface area contributed by atoms with E-state index in [9.17, 15) is 17.6 Å². The monoisotopic (exact) mass is 298 g/mol. The van der Waals surface area contributed by atoms with Crippen molar-refractivity contribution in [2.75, 3.05) is 4.72 Å². The Hall–Kier alpha value is -2.35. The minimum atomic E-state index is -3.97. The highest BCUT2D eigenvalue weighted by molar-refractivity contribution is 7.92. The molecule has 0 saturated heterocycles. The third-order valence-corrected chi connectivity index (χ3v) is 3.98. The lowest BCUT2D eigenvalue weighted by Crippen LogP contribution is -2.12. The van der Waals surface area contributed by atoms with E-state index in [0.717, 1.165) is 18.3 Å². The van der Waals surface area contributed by atoms with Gasteiger partial charge in [-0.2, -0.15) is 0 Å². The Morgan fingerprint density at radius 2 is 2.05 bits per heavy atom.